The van der Waals surface area contributed by atoms with E-state index in [1.165, 1.54) is 0 Å². The standard InChI is InChI=1S/C17H21N5O/c1-21(2)16(23)17(15-12-18-9-10-20-15)7-5-11-22(17)13-14-6-3-4-8-19-14/h3-4,6,8-10,12H,5,7,11,13H2,1-2H3/t17-/m1/s1. The molecule has 1 saturated heterocycles. The monoisotopic (exact) mass is 311 g/mol. The van der Waals surface area contributed by atoms with Gasteiger partial charge in [-0.2, -0.15) is 0 Å². The second kappa shape index (κ2) is 6.42. The van der Waals surface area contributed by atoms with Crippen LogP contribution in [-0.4, -0.2) is 51.3 Å². The molecule has 23 heavy (non-hydrogen) atoms. The van der Waals surface area contributed by atoms with Gasteiger partial charge in [-0.05, 0) is 25.0 Å². The van der Waals surface area contributed by atoms with Gasteiger partial charge in [0, 0.05) is 45.8 Å². The molecule has 1 amide bonds. The molecule has 0 saturated carbocycles. The van der Waals surface area contributed by atoms with E-state index in [2.05, 4.69) is 19.9 Å². The van der Waals surface area contributed by atoms with Gasteiger partial charge in [-0.25, -0.2) is 0 Å². The van der Waals surface area contributed by atoms with Gasteiger partial charge in [0.05, 0.1) is 17.6 Å². The van der Waals surface area contributed by atoms with Gasteiger partial charge in [0.25, 0.3) is 0 Å². The largest absolute Gasteiger partial charge is 0.347 e. The predicted octanol–water partition coefficient (Wildman–Crippen LogP) is 1.45. The van der Waals surface area contributed by atoms with Crippen LogP contribution < -0.4 is 0 Å². The Morgan fingerprint density at radius 3 is 2.78 bits per heavy atom. The summed E-state index contributed by atoms with van der Waals surface area (Å²) in [6, 6.07) is 5.85. The quantitative estimate of drug-likeness (QED) is 0.855. The van der Waals surface area contributed by atoms with Gasteiger partial charge in [-0.15, -0.1) is 0 Å². The van der Waals surface area contributed by atoms with Gasteiger partial charge >= 0.3 is 0 Å². The molecule has 0 N–H and O–H groups in total. The van der Waals surface area contributed by atoms with E-state index in [4.69, 9.17) is 0 Å². The highest BCUT2D eigenvalue weighted by Gasteiger charge is 2.50. The molecule has 6 nitrogen and oxygen atoms in total. The predicted molar refractivity (Wildman–Crippen MR) is 86.3 cm³/mol. The molecule has 6 heteroatoms. The van der Waals surface area contributed by atoms with Gasteiger partial charge in [0.1, 0.15) is 5.54 Å². The van der Waals surface area contributed by atoms with Crippen LogP contribution in [0.25, 0.3) is 0 Å². The van der Waals surface area contributed by atoms with Crippen LogP contribution in [0.15, 0.2) is 43.0 Å². The number of pyridine rings is 1. The number of nitrogens with zero attached hydrogens (tertiary/aromatic N) is 5. The zero-order chi connectivity index (χ0) is 16.3. The fraction of sp³-hybridized carbons (Fsp3) is 0.412. The SMILES string of the molecule is CN(C)C(=O)[C@]1(c2cnccn2)CCCN1Cc1ccccn1. The maximum Gasteiger partial charge on any atom is 0.248 e. The van der Waals surface area contributed by atoms with Crippen LogP contribution in [0.5, 0.6) is 0 Å². The first-order chi connectivity index (χ1) is 11.1. The van der Waals surface area contributed by atoms with Crippen LogP contribution in [0.1, 0.15) is 24.2 Å². The van der Waals surface area contributed by atoms with Crippen LogP contribution in [0.4, 0.5) is 0 Å². The second-order valence-corrected chi connectivity index (χ2v) is 6.00. The zero-order valence-corrected chi connectivity index (χ0v) is 13.5. The van der Waals surface area contributed by atoms with E-state index in [-0.39, 0.29) is 5.91 Å². The topological polar surface area (TPSA) is 62.2 Å². The summed E-state index contributed by atoms with van der Waals surface area (Å²) >= 11 is 0. The molecule has 1 fully saturated rings. The maximum atomic E-state index is 13.1. The van der Waals surface area contributed by atoms with Crippen molar-refractivity contribution in [1.82, 2.24) is 24.8 Å². The maximum absolute atomic E-state index is 13.1. The third kappa shape index (κ3) is 2.82. The van der Waals surface area contributed by atoms with E-state index < -0.39 is 5.54 Å². The average molecular weight is 311 g/mol. The first-order valence-corrected chi connectivity index (χ1v) is 7.78. The zero-order valence-electron chi connectivity index (χ0n) is 13.5. The first-order valence-electron chi connectivity index (χ1n) is 7.78. The van der Waals surface area contributed by atoms with E-state index >= 15 is 0 Å². The molecule has 3 rings (SSSR count). The summed E-state index contributed by atoms with van der Waals surface area (Å²) in [5.41, 5.74) is 0.913. The number of likely N-dealkylation sites (N-methyl/N-ethyl adjacent to an activating group) is 1. The number of carbonyl (C=O) groups excluding carboxylic acids is 1. The number of aromatic nitrogens is 3. The van der Waals surface area contributed by atoms with Crippen molar-refractivity contribution in [3.05, 3.63) is 54.4 Å². The molecule has 0 bridgehead atoms. The lowest BCUT2D eigenvalue weighted by atomic mass is 9.90. The molecule has 120 valence electrons. The smallest absolute Gasteiger partial charge is 0.248 e. The molecule has 2 aromatic rings. The molecule has 1 aliphatic heterocycles. The van der Waals surface area contributed by atoms with E-state index in [9.17, 15) is 4.79 Å². The van der Waals surface area contributed by atoms with Crippen molar-refractivity contribution in [2.45, 2.75) is 24.9 Å². The molecule has 0 aromatic carbocycles. The number of carbonyl (C=O) groups is 1. The fourth-order valence-corrected chi connectivity index (χ4v) is 3.30. The number of likely N-dealkylation sites (tertiary alicyclic amines) is 1. The van der Waals surface area contributed by atoms with Crippen molar-refractivity contribution in [3.8, 4) is 0 Å². The highest BCUT2D eigenvalue weighted by atomic mass is 16.2. The molecule has 2 aromatic heterocycles. The second-order valence-electron chi connectivity index (χ2n) is 6.00. The lowest BCUT2D eigenvalue weighted by Gasteiger charge is -2.38. The Balaban J connectivity index is 2.02. The number of amides is 1. The normalized spacial score (nSPS) is 21.3. The molecule has 0 unspecified atom stereocenters. The molecular formula is C17H21N5O. The Morgan fingerprint density at radius 1 is 1.26 bits per heavy atom. The van der Waals surface area contributed by atoms with Gasteiger partial charge in [0.2, 0.25) is 5.91 Å². The summed E-state index contributed by atoms with van der Waals surface area (Å²) in [5, 5.41) is 0. The van der Waals surface area contributed by atoms with Gasteiger partial charge in [-0.1, -0.05) is 6.07 Å². The Hall–Kier alpha value is -2.34. The van der Waals surface area contributed by atoms with E-state index in [0.29, 0.717) is 12.2 Å². The van der Waals surface area contributed by atoms with Crippen molar-refractivity contribution in [3.63, 3.8) is 0 Å². The van der Waals surface area contributed by atoms with E-state index in [1.54, 1.807) is 43.8 Å². The van der Waals surface area contributed by atoms with Crippen LogP contribution in [0.3, 0.4) is 0 Å². The average Bonchev–Trinajstić information content (AvgIpc) is 3.00. The van der Waals surface area contributed by atoms with Crippen molar-refractivity contribution in [1.29, 1.82) is 0 Å². The number of hydrogen-bond donors (Lipinski definition) is 0. The highest BCUT2D eigenvalue weighted by Crippen LogP contribution is 2.39. The van der Waals surface area contributed by atoms with Crippen molar-refractivity contribution in [2.75, 3.05) is 20.6 Å². The summed E-state index contributed by atoms with van der Waals surface area (Å²) in [4.78, 5) is 29.9. The molecule has 1 atom stereocenters. The molecule has 3 heterocycles. The van der Waals surface area contributed by atoms with Crippen molar-refractivity contribution >= 4 is 5.91 Å². The Labute approximate surface area is 136 Å². The third-order valence-electron chi connectivity index (χ3n) is 4.33. The van der Waals surface area contributed by atoms with Gasteiger partial charge in [0.15, 0.2) is 0 Å². The minimum absolute atomic E-state index is 0.0476. The van der Waals surface area contributed by atoms with Crippen molar-refractivity contribution in [2.24, 2.45) is 0 Å². The Morgan fingerprint density at radius 2 is 2.13 bits per heavy atom. The van der Waals surface area contributed by atoms with E-state index in [1.807, 2.05) is 18.2 Å². The summed E-state index contributed by atoms with van der Waals surface area (Å²) in [7, 11) is 3.58. The number of rotatable bonds is 4. The van der Waals surface area contributed by atoms with Gasteiger partial charge in [-0.3, -0.25) is 24.6 Å². The Kier molecular flexibility index (Phi) is 4.34. The first kappa shape index (κ1) is 15.6. The molecule has 1 aliphatic rings. The van der Waals surface area contributed by atoms with E-state index in [0.717, 1.165) is 25.1 Å². The minimum Gasteiger partial charge on any atom is -0.347 e. The van der Waals surface area contributed by atoms with Crippen LogP contribution in [0.2, 0.25) is 0 Å². The minimum atomic E-state index is -0.755. The number of hydrogen-bond acceptors (Lipinski definition) is 5. The highest BCUT2D eigenvalue weighted by molar-refractivity contribution is 5.87. The summed E-state index contributed by atoms with van der Waals surface area (Å²) in [5.74, 6) is 0.0476. The molecule has 0 aliphatic carbocycles. The molecule has 0 radical (unpaired) electrons. The third-order valence-corrected chi connectivity index (χ3v) is 4.33. The lowest BCUT2D eigenvalue weighted by molar-refractivity contribution is -0.141. The van der Waals surface area contributed by atoms with Crippen molar-refractivity contribution < 1.29 is 4.79 Å². The molecule has 0 spiro atoms. The Bertz CT molecular complexity index is 661. The summed E-state index contributed by atoms with van der Waals surface area (Å²) < 4.78 is 0. The molecular weight excluding hydrogens is 290 g/mol. The van der Waals surface area contributed by atoms with Crippen LogP contribution >= 0.6 is 0 Å². The summed E-state index contributed by atoms with van der Waals surface area (Å²) in [6.45, 7) is 1.46. The van der Waals surface area contributed by atoms with Gasteiger partial charge < -0.3 is 4.90 Å². The van der Waals surface area contributed by atoms with Crippen LogP contribution in [-0.2, 0) is 16.9 Å². The fourth-order valence-electron chi connectivity index (χ4n) is 3.30. The lowest BCUT2D eigenvalue weighted by Crippen LogP contribution is -2.52. The van der Waals surface area contributed by atoms with Crippen LogP contribution in [0, 0.1) is 0 Å². The summed E-state index contributed by atoms with van der Waals surface area (Å²) in [6.07, 6.45) is 8.46.